The fourth-order valence-electron chi connectivity index (χ4n) is 1.37. The van der Waals surface area contributed by atoms with Gasteiger partial charge in [0.2, 0.25) is 0 Å². The molecule has 1 saturated heterocycles. The topological polar surface area (TPSA) is 56.5 Å². The van der Waals surface area contributed by atoms with Crippen molar-refractivity contribution in [2.45, 2.75) is 25.6 Å². The predicted octanol–water partition coefficient (Wildman–Crippen LogP) is -0.0183. The van der Waals surface area contributed by atoms with E-state index in [1.54, 1.807) is 0 Å². The summed E-state index contributed by atoms with van der Waals surface area (Å²) in [5.74, 6) is 0. The molecule has 1 fully saturated rings. The van der Waals surface area contributed by atoms with Crippen LogP contribution in [-0.4, -0.2) is 48.5 Å². The van der Waals surface area contributed by atoms with Gasteiger partial charge in [0.1, 0.15) is 0 Å². The van der Waals surface area contributed by atoms with E-state index in [1.165, 1.54) is 0 Å². The molecule has 1 N–H and O–H groups in total. The summed E-state index contributed by atoms with van der Waals surface area (Å²) < 4.78 is 5.19. The quantitative estimate of drug-likeness (QED) is 0.670. The Morgan fingerprint density at radius 1 is 1.77 bits per heavy atom. The van der Waals surface area contributed by atoms with Crippen LogP contribution >= 0.6 is 0 Å². The van der Waals surface area contributed by atoms with E-state index in [-0.39, 0.29) is 12.2 Å². The zero-order valence-electron chi connectivity index (χ0n) is 7.94. The van der Waals surface area contributed by atoms with Gasteiger partial charge >= 0.3 is 0 Å². The first-order valence-electron chi connectivity index (χ1n) is 4.68. The van der Waals surface area contributed by atoms with Gasteiger partial charge in [-0.1, -0.05) is 6.92 Å². The minimum absolute atomic E-state index is 0.280. The summed E-state index contributed by atoms with van der Waals surface area (Å²) in [6, 6.07) is 2.08. The molecule has 4 heteroatoms. The third-order valence-corrected chi connectivity index (χ3v) is 2.23. The van der Waals surface area contributed by atoms with Gasteiger partial charge in [0, 0.05) is 19.6 Å². The van der Waals surface area contributed by atoms with Crippen LogP contribution in [0.2, 0.25) is 0 Å². The first kappa shape index (κ1) is 10.5. The number of aliphatic hydroxyl groups is 1. The fourth-order valence-corrected chi connectivity index (χ4v) is 1.37. The van der Waals surface area contributed by atoms with Crippen molar-refractivity contribution in [2.75, 3.05) is 26.2 Å². The molecule has 0 aromatic carbocycles. The number of nitriles is 1. The molecule has 1 rings (SSSR count). The normalized spacial score (nSPS) is 26.7. The summed E-state index contributed by atoms with van der Waals surface area (Å²) in [7, 11) is 0. The van der Waals surface area contributed by atoms with Gasteiger partial charge < -0.3 is 9.84 Å². The highest BCUT2D eigenvalue weighted by Gasteiger charge is 2.20. The molecule has 0 spiro atoms. The SMILES string of the molecule is CCC(O)CN1CCOC(C#N)C1. The fraction of sp³-hybridized carbons (Fsp3) is 0.889. The summed E-state index contributed by atoms with van der Waals surface area (Å²) in [4.78, 5) is 2.07. The molecule has 0 radical (unpaired) electrons. The molecule has 74 valence electrons. The first-order valence-corrected chi connectivity index (χ1v) is 4.68. The molecule has 13 heavy (non-hydrogen) atoms. The smallest absolute Gasteiger partial charge is 0.156 e. The molecule has 0 aromatic rings. The lowest BCUT2D eigenvalue weighted by atomic mass is 10.2. The molecule has 2 atom stereocenters. The molecule has 0 amide bonds. The van der Waals surface area contributed by atoms with E-state index >= 15 is 0 Å². The van der Waals surface area contributed by atoms with Crippen LogP contribution in [0.5, 0.6) is 0 Å². The van der Waals surface area contributed by atoms with Gasteiger partial charge in [-0.15, -0.1) is 0 Å². The number of nitrogens with zero attached hydrogens (tertiary/aromatic N) is 2. The minimum atomic E-state index is -0.321. The number of hydrogen-bond donors (Lipinski definition) is 1. The van der Waals surface area contributed by atoms with Crippen LogP contribution in [0.25, 0.3) is 0 Å². The Labute approximate surface area is 78.7 Å². The summed E-state index contributed by atoms with van der Waals surface area (Å²) in [5, 5.41) is 18.0. The maximum absolute atomic E-state index is 9.40. The van der Waals surface area contributed by atoms with Crippen molar-refractivity contribution in [1.29, 1.82) is 5.26 Å². The maximum Gasteiger partial charge on any atom is 0.156 e. The number of β-amino-alcohol motifs (C(OH)–C–C–N with tert-alkyl or cyclic N) is 1. The zero-order valence-corrected chi connectivity index (χ0v) is 7.94. The Kier molecular flexibility index (Phi) is 4.16. The van der Waals surface area contributed by atoms with E-state index in [4.69, 9.17) is 10.00 Å². The molecule has 0 aromatic heterocycles. The van der Waals surface area contributed by atoms with Crippen molar-refractivity contribution in [1.82, 2.24) is 4.90 Å². The molecule has 1 aliphatic rings. The van der Waals surface area contributed by atoms with Crippen molar-refractivity contribution in [3.8, 4) is 6.07 Å². The van der Waals surface area contributed by atoms with E-state index in [0.717, 1.165) is 13.0 Å². The molecule has 0 saturated carbocycles. The van der Waals surface area contributed by atoms with E-state index < -0.39 is 0 Å². The average molecular weight is 184 g/mol. The highest BCUT2D eigenvalue weighted by Crippen LogP contribution is 2.05. The van der Waals surface area contributed by atoms with Gasteiger partial charge in [0.05, 0.1) is 18.8 Å². The van der Waals surface area contributed by atoms with E-state index in [1.807, 2.05) is 6.92 Å². The molecule has 0 bridgehead atoms. The van der Waals surface area contributed by atoms with Crippen LogP contribution < -0.4 is 0 Å². The van der Waals surface area contributed by atoms with Crippen molar-refractivity contribution in [3.63, 3.8) is 0 Å². The van der Waals surface area contributed by atoms with Gasteiger partial charge in [0.25, 0.3) is 0 Å². The number of morpholine rings is 1. The van der Waals surface area contributed by atoms with Crippen molar-refractivity contribution in [3.05, 3.63) is 0 Å². The van der Waals surface area contributed by atoms with Crippen LogP contribution in [0, 0.1) is 11.3 Å². The van der Waals surface area contributed by atoms with Crippen LogP contribution in [0.3, 0.4) is 0 Å². The van der Waals surface area contributed by atoms with Gasteiger partial charge in [-0.2, -0.15) is 5.26 Å². The first-order chi connectivity index (χ1) is 6.26. The third kappa shape index (κ3) is 3.31. The molecule has 2 unspecified atom stereocenters. The molecular weight excluding hydrogens is 168 g/mol. The summed E-state index contributed by atoms with van der Waals surface area (Å²) in [5.41, 5.74) is 0. The van der Waals surface area contributed by atoms with Crippen LogP contribution in [0.4, 0.5) is 0 Å². The highest BCUT2D eigenvalue weighted by molar-refractivity contribution is 4.89. The van der Waals surface area contributed by atoms with Gasteiger partial charge in [-0.05, 0) is 6.42 Å². The molecule has 0 aliphatic carbocycles. The van der Waals surface area contributed by atoms with E-state index in [2.05, 4.69) is 11.0 Å². The monoisotopic (exact) mass is 184 g/mol. The Balaban J connectivity index is 2.30. The Morgan fingerprint density at radius 3 is 3.15 bits per heavy atom. The highest BCUT2D eigenvalue weighted by atomic mass is 16.5. The molecule has 1 heterocycles. The van der Waals surface area contributed by atoms with E-state index in [9.17, 15) is 5.11 Å². The van der Waals surface area contributed by atoms with Crippen LogP contribution in [-0.2, 0) is 4.74 Å². The molecule has 1 aliphatic heterocycles. The van der Waals surface area contributed by atoms with Gasteiger partial charge in [-0.25, -0.2) is 0 Å². The second-order valence-corrected chi connectivity index (χ2v) is 3.31. The van der Waals surface area contributed by atoms with Gasteiger partial charge in [0.15, 0.2) is 6.10 Å². The largest absolute Gasteiger partial charge is 0.392 e. The zero-order chi connectivity index (χ0) is 9.68. The second kappa shape index (κ2) is 5.18. The number of hydrogen-bond acceptors (Lipinski definition) is 4. The standard InChI is InChI=1S/C9H16N2O2/c1-2-8(12)6-11-3-4-13-9(5-10)7-11/h8-9,12H,2-4,6-7H2,1H3. The Morgan fingerprint density at radius 2 is 2.54 bits per heavy atom. The maximum atomic E-state index is 9.40. The summed E-state index contributed by atoms with van der Waals surface area (Å²) >= 11 is 0. The Bertz CT molecular complexity index is 191. The van der Waals surface area contributed by atoms with Crippen LogP contribution in [0.1, 0.15) is 13.3 Å². The summed E-state index contributed by atoms with van der Waals surface area (Å²) in [6.45, 7) is 4.63. The van der Waals surface area contributed by atoms with E-state index in [0.29, 0.717) is 19.7 Å². The van der Waals surface area contributed by atoms with Crippen molar-refractivity contribution in [2.24, 2.45) is 0 Å². The molecular formula is C9H16N2O2. The van der Waals surface area contributed by atoms with Crippen molar-refractivity contribution < 1.29 is 9.84 Å². The lowest BCUT2D eigenvalue weighted by molar-refractivity contribution is -0.0159. The van der Waals surface area contributed by atoms with Gasteiger partial charge in [-0.3, -0.25) is 4.90 Å². The lowest BCUT2D eigenvalue weighted by Gasteiger charge is -2.30. The number of rotatable bonds is 3. The minimum Gasteiger partial charge on any atom is -0.392 e. The third-order valence-electron chi connectivity index (χ3n) is 2.23. The lowest BCUT2D eigenvalue weighted by Crippen LogP contribution is -2.44. The van der Waals surface area contributed by atoms with Crippen molar-refractivity contribution >= 4 is 0 Å². The molecule has 4 nitrogen and oxygen atoms in total. The Hall–Kier alpha value is -0.630. The average Bonchev–Trinajstić information content (AvgIpc) is 2.18. The van der Waals surface area contributed by atoms with Crippen LogP contribution in [0.15, 0.2) is 0 Å². The summed E-state index contributed by atoms with van der Waals surface area (Å²) in [6.07, 6.45) is 0.157. The number of ether oxygens (including phenoxy) is 1. The predicted molar refractivity (Wildman–Crippen MR) is 48.1 cm³/mol. The number of aliphatic hydroxyl groups excluding tert-OH is 1. The second-order valence-electron chi connectivity index (χ2n) is 3.31.